The highest BCUT2D eigenvalue weighted by Crippen LogP contribution is 2.67. The van der Waals surface area contributed by atoms with Gasteiger partial charge in [0.2, 0.25) is 0 Å². The summed E-state index contributed by atoms with van der Waals surface area (Å²) in [5.41, 5.74) is -4.72. The lowest BCUT2D eigenvalue weighted by molar-refractivity contribution is -0.470. The normalized spacial score (nSPS) is 15.6. The van der Waals surface area contributed by atoms with Crippen molar-refractivity contribution < 1.29 is 87.8 Å². The molecular formula is C22H10F20. The minimum absolute atomic E-state index is 0.196. The van der Waals surface area contributed by atoms with E-state index in [0.717, 1.165) is 12.1 Å². The molecule has 0 aliphatic heterocycles. The topological polar surface area (TPSA) is 0 Å². The van der Waals surface area contributed by atoms with E-state index in [-0.39, 0.29) is 24.3 Å². The van der Waals surface area contributed by atoms with Crippen LogP contribution in [0.5, 0.6) is 0 Å². The average molecular weight is 654 g/mol. The fourth-order valence-electron chi connectivity index (χ4n) is 3.23. The number of hydrogen-bond acceptors (Lipinski definition) is 0. The van der Waals surface area contributed by atoms with Crippen LogP contribution in [-0.2, 0) is 11.8 Å². The van der Waals surface area contributed by atoms with E-state index in [2.05, 4.69) is 0 Å². The average Bonchev–Trinajstić information content (AvgIpc) is 2.88. The number of alkyl halides is 20. The molecule has 0 aliphatic carbocycles. The van der Waals surface area contributed by atoms with E-state index >= 15 is 0 Å². The summed E-state index contributed by atoms with van der Waals surface area (Å²) in [6.07, 6.45) is 0. The second kappa shape index (κ2) is 9.78. The standard InChI is InChI=1S/C22H10F20/c23-13(24,11-7-3-1-4-8-11)15(27,28)17(31,32)19(35,36)21(39,40)22(41,42)20(37,38)18(33,34)16(29,30)14(25,26)12-9-5-2-6-10-12/h1-10H. The van der Waals surface area contributed by atoms with Crippen LogP contribution in [0.25, 0.3) is 0 Å². The maximum absolute atomic E-state index is 14.1. The summed E-state index contributed by atoms with van der Waals surface area (Å²) in [6.45, 7) is 0. The van der Waals surface area contributed by atoms with Crippen LogP contribution in [0.2, 0.25) is 0 Å². The Morgan fingerprint density at radius 1 is 0.238 bits per heavy atom. The van der Waals surface area contributed by atoms with Crippen LogP contribution in [0.3, 0.4) is 0 Å². The van der Waals surface area contributed by atoms with Gasteiger partial charge in [-0.2, -0.15) is 87.8 Å². The summed E-state index contributed by atoms with van der Waals surface area (Å²) < 4.78 is 281. The molecule has 20 heteroatoms. The number of halogens is 20. The van der Waals surface area contributed by atoms with Gasteiger partial charge in [-0.3, -0.25) is 0 Å². The first-order chi connectivity index (χ1) is 18.5. The molecular weight excluding hydrogens is 644 g/mol. The molecule has 0 aliphatic rings. The summed E-state index contributed by atoms with van der Waals surface area (Å²) in [6, 6.07) is 2.16. The second-order valence-corrected chi connectivity index (χ2v) is 8.48. The Balaban J connectivity index is 2.71. The maximum atomic E-state index is 14.1. The van der Waals surface area contributed by atoms with E-state index in [9.17, 15) is 87.8 Å². The van der Waals surface area contributed by atoms with Crippen LogP contribution in [-0.4, -0.2) is 47.4 Å². The van der Waals surface area contributed by atoms with Gasteiger partial charge in [-0.1, -0.05) is 60.7 Å². The molecule has 0 bridgehead atoms. The van der Waals surface area contributed by atoms with Crippen LogP contribution >= 0.6 is 0 Å². The first kappa shape index (κ1) is 35.2. The van der Waals surface area contributed by atoms with E-state index in [1.807, 2.05) is 0 Å². The Morgan fingerprint density at radius 2 is 0.405 bits per heavy atom. The monoisotopic (exact) mass is 654 g/mol. The Hall–Kier alpha value is -2.96. The van der Waals surface area contributed by atoms with Crippen LogP contribution in [0.4, 0.5) is 87.8 Å². The van der Waals surface area contributed by atoms with Gasteiger partial charge in [-0.25, -0.2) is 0 Å². The smallest absolute Gasteiger partial charge is 0.194 e. The van der Waals surface area contributed by atoms with E-state index in [1.165, 1.54) is 0 Å². The van der Waals surface area contributed by atoms with Crippen molar-refractivity contribution in [3.63, 3.8) is 0 Å². The summed E-state index contributed by atoms with van der Waals surface area (Å²) >= 11 is 0. The molecule has 2 aromatic rings. The highest BCUT2D eigenvalue weighted by Gasteiger charge is 2.97. The third-order valence-corrected chi connectivity index (χ3v) is 5.82. The fourth-order valence-corrected chi connectivity index (χ4v) is 3.23. The molecule has 0 atom stereocenters. The first-order valence-electron chi connectivity index (χ1n) is 10.4. The molecule has 0 radical (unpaired) electrons. The summed E-state index contributed by atoms with van der Waals surface area (Å²) in [4.78, 5) is 0. The third kappa shape index (κ3) is 4.28. The Bertz CT molecular complexity index is 1140. The molecule has 0 heterocycles. The largest absolute Gasteiger partial charge is 0.385 e. The quantitative estimate of drug-likeness (QED) is 0.212. The molecule has 0 amide bonds. The van der Waals surface area contributed by atoms with E-state index in [4.69, 9.17) is 0 Å². The predicted octanol–water partition coefficient (Wildman–Crippen LogP) is 9.65. The van der Waals surface area contributed by atoms with Gasteiger partial charge >= 0.3 is 59.2 Å². The minimum Gasteiger partial charge on any atom is -0.194 e. The third-order valence-electron chi connectivity index (χ3n) is 5.82. The zero-order chi connectivity index (χ0) is 33.2. The van der Waals surface area contributed by atoms with Crippen LogP contribution in [0, 0.1) is 0 Å². The molecule has 42 heavy (non-hydrogen) atoms. The Labute approximate surface area is 219 Å². The van der Waals surface area contributed by atoms with Crippen molar-refractivity contribution in [3.05, 3.63) is 71.8 Å². The van der Waals surface area contributed by atoms with Gasteiger partial charge in [-0.15, -0.1) is 0 Å². The van der Waals surface area contributed by atoms with E-state index in [1.54, 1.807) is 0 Å². The van der Waals surface area contributed by atoms with Gasteiger partial charge in [0.1, 0.15) is 0 Å². The Morgan fingerprint density at radius 3 is 0.595 bits per heavy atom. The van der Waals surface area contributed by atoms with Crippen molar-refractivity contribution >= 4 is 0 Å². The summed E-state index contributed by atoms with van der Waals surface area (Å²) in [7, 11) is 0. The van der Waals surface area contributed by atoms with Gasteiger partial charge < -0.3 is 0 Å². The maximum Gasteiger partial charge on any atom is 0.385 e. The fraction of sp³-hybridized carbons (Fsp3) is 0.455. The molecule has 0 aromatic heterocycles. The molecule has 0 saturated heterocycles. The number of rotatable bonds is 11. The zero-order valence-electron chi connectivity index (χ0n) is 19.3. The van der Waals surface area contributed by atoms with Gasteiger partial charge in [0.15, 0.2) is 0 Å². The molecule has 0 fully saturated rings. The van der Waals surface area contributed by atoms with Crippen LogP contribution in [0.1, 0.15) is 11.1 Å². The van der Waals surface area contributed by atoms with E-state index in [0.29, 0.717) is 24.3 Å². The molecule has 0 spiro atoms. The first-order valence-corrected chi connectivity index (χ1v) is 10.4. The SMILES string of the molecule is FC(F)(c1ccccc1)C(F)(F)C(F)(F)C(F)(F)C(F)(F)C(F)(F)C(F)(F)C(F)(F)C(F)(F)C(F)(F)c1ccccc1. The highest BCUT2D eigenvalue weighted by molar-refractivity contribution is 5.28. The lowest BCUT2D eigenvalue weighted by atomic mass is 9.84. The number of hydrogen-bond donors (Lipinski definition) is 0. The van der Waals surface area contributed by atoms with Gasteiger partial charge in [0, 0.05) is 11.1 Å². The Kier molecular flexibility index (Phi) is 8.21. The van der Waals surface area contributed by atoms with Crippen molar-refractivity contribution in [2.75, 3.05) is 0 Å². The molecule has 0 nitrogen and oxygen atoms in total. The van der Waals surface area contributed by atoms with Crippen LogP contribution < -0.4 is 0 Å². The lowest BCUT2D eigenvalue weighted by Crippen LogP contribution is -2.76. The highest BCUT2D eigenvalue weighted by atomic mass is 19.4. The molecule has 2 aromatic carbocycles. The molecule has 0 saturated carbocycles. The summed E-state index contributed by atoms with van der Waals surface area (Å²) in [5.74, 6) is -82.3. The van der Waals surface area contributed by atoms with Crippen LogP contribution in [0.15, 0.2) is 60.7 Å². The molecule has 0 N–H and O–H groups in total. The van der Waals surface area contributed by atoms with Gasteiger partial charge in [0.05, 0.1) is 0 Å². The zero-order valence-corrected chi connectivity index (χ0v) is 19.3. The van der Waals surface area contributed by atoms with Gasteiger partial charge in [0.25, 0.3) is 0 Å². The van der Waals surface area contributed by atoms with Gasteiger partial charge in [-0.05, 0) is 0 Å². The minimum atomic E-state index is -9.05. The lowest BCUT2D eigenvalue weighted by Gasteiger charge is -2.45. The number of benzene rings is 2. The van der Waals surface area contributed by atoms with E-state index < -0.39 is 70.4 Å². The molecule has 2 rings (SSSR count). The van der Waals surface area contributed by atoms with Crippen molar-refractivity contribution in [2.45, 2.75) is 59.2 Å². The van der Waals surface area contributed by atoms with Crippen molar-refractivity contribution in [1.82, 2.24) is 0 Å². The van der Waals surface area contributed by atoms with Crippen molar-refractivity contribution in [1.29, 1.82) is 0 Å². The van der Waals surface area contributed by atoms with Crippen molar-refractivity contribution in [3.8, 4) is 0 Å². The second-order valence-electron chi connectivity index (χ2n) is 8.48. The molecule has 238 valence electrons. The predicted molar refractivity (Wildman–Crippen MR) is 100 cm³/mol. The molecule has 0 unspecified atom stereocenters. The summed E-state index contributed by atoms with van der Waals surface area (Å²) in [5, 5.41) is 0. The van der Waals surface area contributed by atoms with Crippen molar-refractivity contribution in [2.24, 2.45) is 0 Å².